The summed E-state index contributed by atoms with van der Waals surface area (Å²) < 4.78 is 8.26. The molecule has 6 nitrogen and oxygen atoms in total. The zero-order valence-electron chi connectivity index (χ0n) is 18.9. The lowest BCUT2D eigenvalue weighted by Crippen LogP contribution is -2.33. The molecule has 0 radical (unpaired) electrons. The Balaban J connectivity index is 1.32. The lowest BCUT2D eigenvalue weighted by molar-refractivity contribution is 0.183. The average Bonchev–Trinajstić information content (AvgIpc) is 3.46. The summed E-state index contributed by atoms with van der Waals surface area (Å²) in [5.41, 5.74) is 6.48. The SMILES string of the molecule is c1ccc(-c2nn3c(c2-c2ccnc4cc(OCCN5CCCCC5)ccc24)CCC3)nc1. The molecule has 0 aliphatic carbocycles. The van der Waals surface area contributed by atoms with E-state index in [0.717, 1.165) is 54.0 Å². The minimum atomic E-state index is 0.714. The highest BCUT2D eigenvalue weighted by Crippen LogP contribution is 2.40. The molecule has 5 heterocycles. The first kappa shape index (κ1) is 20.4. The Morgan fingerprint density at radius 3 is 2.70 bits per heavy atom. The molecule has 0 atom stereocenters. The third-order valence-corrected chi connectivity index (χ3v) is 6.86. The number of aromatic nitrogens is 4. The molecule has 168 valence electrons. The van der Waals surface area contributed by atoms with E-state index in [9.17, 15) is 0 Å². The number of fused-ring (bicyclic) bond motifs is 2. The fraction of sp³-hybridized carbons (Fsp3) is 0.370. The number of likely N-dealkylation sites (tertiary alicyclic amines) is 1. The van der Waals surface area contributed by atoms with Crippen LogP contribution in [-0.2, 0) is 13.0 Å². The third-order valence-electron chi connectivity index (χ3n) is 6.86. The summed E-state index contributed by atoms with van der Waals surface area (Å²) in [6.07, 6.45) is 9.88. The lowest BCUT2D eigenvalue weighted by atomic mass is 9.96. The molecule has 0 amide bonds. The van der Waals surface area contributed by atoms with Gasteiger partial charge in [0.2, 0.25) is 0 Å². The van der Waals surface area contributed by atoms with Crippen molar-refractivity contribution in [1.29, 1.82) is 0 Å². The average molecular weight is 440 g/mol. The molecule has 2 aliphatic heterocycles. The monoisotopic (exact) mass is 439 g/mol. The van der Waals surface area contributed by atoms with E-state index in [1.165, 1.54) is 49.2 Å². The van der Waals surface area contributed by atoms with E-state index in [-0.39, 0.29) is 0 Å². The Kier molecular flexibility index (Phi) is 5.52. The molecule has 6 rings (SSSR count). The summed E-state index contributed by atoms with van der Waals surface area (Å²) in [4.78, 5) is 11.8. The van der Waals surface area contributed by atoms with Crippen LogP contribution >= 0.6 is 0 Å². The summed E-state index contributed by atoms with van der Waals surface area (Å²) in [7, 11) is 0. The Bertz CT molecular complexity index is 1260. The number of rotatable bonds is 6. The summed E-state index contributed by atoms with van der Waals surface area (Å²) >= 11 is 0. The van der Waals surface area contributed by atoms with Crippen LogP contribution < -0.4 is 4.74 Å². The molecule has 3 aromatic heterocycles. The molecule has 1 fully saturated rings. The van der Waals surface area contributed by atoms with Crippen LogP contribution in [0.2, 0.25) is 0 Å². The highest BCUT2D eigenvalue weighted by Gasteiger charge is 2.25. The summed E-state index contributed by atoms with van der Waals surface area (Å²) in [5.74, 6) is 0.884. The first-order valence-corrected chi connectivity index (χ1v) is 12.1. The van der Waals surface area contributed by atoms with Crippen molar-refractivity contribution in [3.63, 3.8) is 0 Å². The number of pyridine rings is 2. The number of piperidine rings is 1. The van der Waals surface area contributed by atoms with Gasteiger partial charge in [-0.1, -0.05) is 12.5 Å². The third kappa shape index (κ3) is 4.00. The predicted octanol–water partition coefficient (Wildman–Crippen LogP) is 4.97. The molecular weight excluding hydrogens is 410 g/mol. The maximum atomic E-state index is 6.11. The van der Waals surface area contributed by atoms with Crippen molar-refractivity contribution in [2.24, 2.45) is 0 Å². The van der Waals surface area contributed by atoms with Gasteiger partial charge < -0.3 is 4.74 Å². The van der Waals surface area contributed by atoms with Gasteiger partial charge in [0.15, 0.2) is 0 Å². The second-order valence-electron chi connectivity index (χ2n) is 9.00. The zero-order valence-corrected chi connectivity index (χ0v) is 18.9. The Morgan fingerprint density at radius 2 is 1.82 bits per heavy atom. The van der Waals surface area contributed by atoms with Crippen LogP contribution in [0, 0.1) is 0 Å². The van der Waals surface area contributed by atoms with Crippen LogP contribution in [0.25, 0.3) is 33.4 Å². The van der Waals surface area contributed by atoms with Crippen molar-refractivity contribution in [3.05, 3.63) is 60.6 Å². The smallest absolute Gasteiger partial charge is 0.121 e. The Hall–Kier alpha value is -3.25. The van der Waals surface area contributed by atoms with Crippen LogP contribution in [0.15, 0.2) is 54.9 Å². The van der Waals surface area contributed by atoms with Crippen LogP contribution in [0.4, 0.5) is 0 Å². The van der Waals surface area contributed by atoms with Crippen molar-refractivity contribution in [2.45, 2.75) is 38.6 Å². The van der Waals surface area contributed by atoms with E-state index < -0.39 is 0 Å². The van der Waals surface area contributed by atoms with Gasteiger partial charge in [-0.2, -0.15) is 5.10 Å². The summed E-state index contributed by atoms with van der Waals surface area (Å²) in [6, 6.07) is 14.4. The molecule has 33 heavy (non-hydrogen) atoms. The molecule has 0 bridgehead atoms. The van der Waals surface area contributed by atoms with E-state index in [2.05, 4.69) is 43.8 Å². The van der Waals surface area contributed by atoms with E-state index in [0.29, 0.717) is 6.61 Å². The predicted molar refractivity (Wildman–Crippen MR) is 130 cm³/mol. The van der Waals surface area contributed by atoms with Crippen molar-refractivity contribution >= 4 is 10.9 Å². The van der Waals surface area contributed by atoms with Gasteiger partial charge in [0.25, 0.3) is 0 Å². The second kappa shape index (κ2) is 8.94. The number of hydrogen-bond donors (Lipinski definition) is 0. The Labute approximate surface area is 194 Å². The fourth-order valence-corrected chi connectivity index (χ4v) is 5.21. The maximum Gasteiger partial charge on any atom is 0.121 e. The highest BCUT2D eigenvalue weighted by atomic mass is 16.5. The van der Waals surface area contributed by atoms with Gasteiger partial charge in [-0.3, -0.25) is 19.5 Å². The molecule has 1 saturated heterocycles. The summed E-state index contributed by atoms with van der Waals surface area (Å²) in [5, 5.41) is 6.08. The van der Waals surface area contributed by atoms with Gasteiger partial charge in [0, 0.05) is 48.2 Å². The lowest BCUT2D eigenvalue weighted by Gasteiger charge is -2.26. The van der Waals surface area contributed by atoms with Crippen LogP contribution in [0.5, 0.6) is 5.75 Å². The molecule has 6 heteroatoms. The quantitative estimate of drug-likeness (QED) is 0.425. The number of nitrogens with zero attached hydrogens (tertiary/aromatic N) is 5. The van der Waals surface area contributed by atoms with Crippen molar-refractivity contribution in [3.8, 4) is 28.3 Å². The van der Waals surface area contributed by atoms with Gasteiger partial charge in [-0.25, -0.2) is 0 Å². The van der Waals surface area contributed by atoms with Crippen LogP contribution in [0.1, 0.15) is 31.4 Å². The van der Waals surface area contributed by atoms with Crippen LogP contribution in [-0.4, -0.2) is 50.9 Å². The molecular formula is C27H29N5O. The number of aryl methyl sites for hydroxylation is 1. The van der Waals surface area contributed by atoms with E-state index in [4.69, 9.17) is 9.84 Å². The molecule has 2 aliphatic rings. The minimum Gasteiger partial charge on any atom is -0.492 e. The summed E-state index contributed by atoms with van der Waals surface area (Å²) in [6.45, 7) is 5.06. The minimum absolute atomic E-state index is 0.714. The van der Waals surface area contributed by atoms with Gasteiger partial charge in [0.1, 0.15) is 18.1 Å². The molecule has 0 unspecified atom stereocenters. The van der Waals surface area contributed by atoms with E-state index in [1.54, 1.807) is 0 Å². The first-order valence-electron chi connectivity index (χ1n) is 12.1. The topological polar surface area (TPSA) is 56.1 Å². The van der Waals surface area contributed by atoms with Crippen molar-refractivity contribution < 1.29 is 4.74 Å². The van der Waals surface area contributed by atoms with E-state index in [1.807, 2.05) is 30.6 Å². The Morgan fingerprint density at radius 1 is 0.879 bits per heavy atom. The molecule has 0 saturated carbocycles. The second-order valence-corrected chi connectivity index (χ2v) is 9.00. The number of hydrogen-bond acceptors (Lipinski definition) is 5. The normalized spacial score (nSPS) is 16.2. The number of ether oxygens (including phenoxy) is 1. The first-order chi connectivity index (χ1) is 16.4. The van der Waals surface area contributed by atoms with Gasteiger partial charge >= 0.3 is 0 Å². The maximum absolute atomic E-state index is 6.11. The van der Waals surface area contributed by atoms with Crippen molar-refractivity contribution in [1.82, 2.24) is 24.6 Å². The highest BCUT2D eigenvalue weighted by molar-refractivity contribution is 5.99. The number of benzene rings is 1. The molecule has 0 spiro atoms. The van der Waals surface area contributed by atoms with E-state index >= 15 is 0 Å². The molecule has 0 N–H and O–H groups in total. The zero-order chi connectivity index (χ0) is 22.0. The van der Waals surface area contributed by atoms with Gasteiger partial charge in [0.05, 0.1) is 11.2 Å². The largest absolute Gasteiger partial charge is 0.492 e. The van der Waals surface area contributed by atoms with Gasteiger partial charge in [-0.05, 0) is 74.7 Å². The van der Waals surface area contributed by atoms with Gasteiger partial charge in [-0.15, -0.1) is 0 Å². The van der Waals surface area contributed by atoms with Crippen molar-refractivity contribution in [2.75, 3.05) is 26.2 Å². The van der Waals surface area contributed by atoms with Crippen LogP contribution in [0.3, 0.4) is 0 Å². The molecule has 4 aromatic rings. The fourth-order valence-electron chi connectivity index (χ4n) is 5.21. The molecule has 1 aromatic carbocycles. The standard InChI is InChI=1S/C27H29N5O/c1-4-14-31(15-5-1)17-18-33-20-9-10-21-22(11-13-29-24(21)19-20)26-25-8-6-16-32(25)30-27(26)23-7-2-3-12-28-23/h2-3,7,9-13,19H,1,4-6,8,14-18H2.